The minimum absolute atomic E-state index is 0.100. The van der Waals surface area contributed by atoms with Gasteiger partial charge in [0, 0.05) is 36.7 Å². The molecule has 2 aromatic rings. The number of pyridine rings is 2. The molecule has 6 nitrogen and oxygen atoms in total. The van der Waals surface area contributed by atoms with Crippen LogP contribution >= 0.6 is 15.9 Å². The molecular formula is C12H13BrN4O2S. The van der Waals surface area contributed by atoms with Crippen LogP contribution in [0.25, 0.3) is 0 Å². The van der Waals surface area contributed by atoms with Gasteiger partial charge in [-0.2, -0.15) is 0 Å². The van der Waals surface area contributed by atoms with Crippen LogP contribution in [0.3, 0.4) is 0 Å². The zero-order chi connectivity index (χ0) is 14.6. The maximum Gasteiger partial charge on any atom is 0.244 e. The number of hydrogen-bond donors (Lipinski definition) is 2. The molecule has 0 unspecified atom stereocenters. The molecule has 0 radical (unpaired) electrons. The van der Waals surface area contributed by atoms with Gasteiger partial charge in [0.2, 0.25) is 10.0 Å². The second-order valence-corrected chi connectivity index (χ2v) is 6.58. The van der Waals surface area contributed by atoms with E-state index in [0.717, 1.165) is 5.56 Å². The van der Waals surface area contributed by atoms with E-state index in [-0.39, 0.29) is 11.4 Å². The molecule has 0 spiro atoms. The lowest BCUT2D eigenvalue weighted by Crippen LogP contribution is -2.24. The van der Waals surface area contributed by atoms with Crippen LogP contribution in [0.4, 0.5) is 5.82 Å². The Kier molecular flexibility index (Phi) is 4.69. The maximum absolute atomic E-state index is 12.3. The van der Waals surface area contributed by atoms with Gasteiger partial charge in [-0.05, 0) is 39.7 Å². The summed E-state index contributed by atoms with van der Waals surface area (Å²) in [7, 11) is -2.03. The molecule has 2 aromatic heterocycles. The van der Waals surface area contributed by atoms with Crippen molar-refractivity contribution in [1.82, 2.24) is 14.7 Å². The summed E-state index contributed by atoms with van der Waals surface area (Å²) in [5, 5.41) is 2.77. The van der Waals surface area contributed by atoms with Gasteiger partial charge in [0.15, 0.2) is 0 Å². The van der Waals surface area contributed by atoms with Crippen molar-refractivity contribution >= 4 is 31.8 Å². The van der Waals surface area contributed by atoms with Gasteiger partial charge in [0.05, 0.1) is 0 Å². The molecule has 0 aromatic carbocycles. The van der Waals surface area contributed by atoms with E-state index in [1.165, 1.54) is 12.3 Å². The highest BCUT2D eigenvalue weighted by atomic mass is 79.9. The van der Waals surface area contributed by atoms with Gasteiger partial charge in [0.25, 0.3) is 0 Å². The zero-order valence-corrected chi connectivity index (χ0v) is 13.1. The van der Waals surface area contributed by atoms with Crippen molar-refractivity contribution in [3.8, 4) is 0 Å². The van der Waals surface area contributed by atoms with E-state index in [4.69, 9.17) is 0 Å². The average Bonchev–Trinajstić information content (AvgIpc) is 2.46. The van der Waals surface area contributed by atoms with E-state index in [1.807, 2.05) is 0 Å². The van der Waals surface area contributed by atoms with Gasteiger partial charge in [-0.15, -0.1) is 0 Å². The van der Waals surface area contributed by atoms with Crippen molar-refractivity contribution in [3.05, 3.63) is 46.8 Å². The first-order valence-corrected chi connectivity index (χ1v) is 8.02. The van der Waals surface area contributed by atoms with Gasteiger partial charge in [0.1, 0.15) is 10.7 Å². The summed E-state index contributed by atoms with van der Waals surface area (Å²) < 4.78 is 27.8. The standard InChI is InChI=1S/C12H13BrN4O2S/c1-14-12-11(6-10(13)8-16-12)20(18,19)17-7-9-2-4-15-5-3-9/h2-6,8,17H,7H2,1H3,(H,14,16). The summed E-state index contributed by atoms with van der Waals surface area (Å²) in [5.41, 5.74) is 0.831. The van der Waals surface area contributed by atoms with Crippen molar-refractivity contribution in [2.24, 2.45) is 0 Å². The first-order chi connectivity index (χ1) is 9.53. The molecule has 20 heavy (non-hydrogen) atoms. The fourth-order valence-corrected chi connectivity index (χ4v) is 3.26. The topological polar surface area (TPSA) is 84.0 Å². The third kappa shape index (κ3) is 3.53. The number of nitrogens with one attached hydrogen (secondary N) is 2. The van der Waals surface area contributed by atoms with Crippen LogP contribution in [-0.4, -0.2) is 25.4 Å². The quantitative estimate of drug-likeness (QED) is 0.852. The van der Waals surface area contributed by atoms with E-state index < -0.39 is 10.0 Å². The highest BCUT2D eigenvalue weighted by Crippen LogP contribution is 2.22. The van der Waals surface area contributed by atoms with Crippen LogP contribution in [0.15, 0.2) is 46.2 Å². The van der Waals surface area contributed by atoms with Gasteiger partial charge in [-0.25, -0.2) is 18.1 Å². The molecule has 8 heteroatoms. The van der Waals surface area contributed by atoms with Gasteiger partial charge < -0.3 is 5.32 Å². The average molecular weight is 357 g/mol. The Morgan fingerprint density at radius 3 is 2.65 bits per heavy atom. The number of nitrogens with zero attached hydrogens (tertiary/aromatic N) is 2. The molecule has 0 atom stereocenters. The minimum Gasteiger partial charge on any atom is -0.372 e. The van der Waals surface area contributed by atoms with Gasteiger partial charge >= 0.3 is 0 Å². The Hall–Kier alpha value is -1.51. The van der Waals surface area contributed by atoms with Crippen LogP contribution < -0.4 is 10.0 Å². The number of anilines is 1. The molecule has 0 aliphatic rings. The van der Waals surface area contributed by atoms with E-state index in [2.05, 4.69) is 35.9 Å². The van der Waals surface area contributed by atoms with Crippen molar-refractivity contribution in [2.75, 3.05) is 12.4 Å². The lowest BCUT2D eigenvalue weighted by atomic mass is 10.3. The van der Waals surface area contributed by atoms with Crippen LogP contribution in [0, 0.1) is 0 Å². The predicted molar refractivity (Wildman–Crippen MR) is 79.7 cm³/mol. The summed E-state index contributed by atoms with van der Waals surface area (Å²) in [4.78, 5) is 8.01. The highest BCUT2D eigenvalue weighted by Gasteiger charge is 2.19. The normalized spacial score (nSPS) is 11.3. The summed E-state index contributed by atoms with van der Waals surface area (Å²) in [5.74, 6) is 0.301. The molecule has 2 rings (SSSR count). The summed E-state index contributed by atoms with van der Waals surface area (Å²) in [6, 6.07) is 5.01. The smallest absolute Gasteiger partial charge is 0.244 e. The fraction of sp³-hybridized carbons (Fsp3) is 0.167. The Labute approximate surface area is 125 Å². The van der Waals surface area contributed by atoms with E-state index in [1.54, 1.807) is 31.6 Å². The molecule has 0 aliphatic carbocycles. The monoisotopic (exact) mass is 356 g/mol. The highest BCUT2D eigenvalue weighted by molar-refractivity contribution is 9.10. The van der Waals surface area contributed by atoms with Crippen molar-refractivity contribution in [1.29, 1.82) is 0 Å². The first-order valence-electron chi connectivity index (χ1n) is 5.75. The number of halogens is 1. The number of hydrogen-bond acceptors (Lipinski definition) is 5. The lowest BCUT2D eigenvalue weighted by molar-refractivity contribution is 0.581. The first kappa shape index (κ1) is 14.9. The second kappa shape index (κ2) is 6.29. The number of aromatic nitrogens is 2. The summed E-state index contributed by atoms with van der Waals surface area (Å²) >= 11 is 3.22. The summed E-state index contributed by atoms with van der Waals surface area (Å²) in [6.07, 6.45) is 4.76. The third-order valence-electron chi connectivity index (χ3n) is 2.56. The molecular weight excluding hydrogens is 344 g/mol. The van der Waals surface area contributed by atoms with E-state index >= 15 is 0 Å². The summed E-state index contributed by atoms with van der Waals surface area (Å²) in [6.45, 7) is 0.195. The molecule has 0 saturated heterocycles. The molecule has 0 amide bonds. The van der Waals surface area contributed by atoms with Crippen LogP contribution in [0.1, 0.15) is 5.56 Å². The Bertz CT molecular complexity index is 692. The Morgan fingerprint density at radius 1 is 1.30 bits per heavy atom. The third-order valence-corrected chi connectivity index (χ3v) is 4.41. The van der Waals surface area contributed by atoms with Gasteiger partial charge in [-0.1, -0.05) is 0 Å². The molecule has 0 bridgehead atoms. The molecule has 2 heterocycles. The second-order valence-electron chi connectivity index (χ2n) is 3.93. The SMILES string of the molecule is CNc1ncc(Br)cc1S(=O)(=O)NCc1ccncc1. The van der Waals surface area contributed by atoms with Crippen LogP contribution in [0.2, 0.25) is 0 Å². The Morgan fingerprint density at radius 2 is 2.00 bits per heavy atom. The molecule has 106 valence electrons. The maximum atomic E-state index is 12.3. The minimum atomic E-state index is -3.65. The Balaban J connectivity index is 2.24. The molecule has 0 saturated carbocycles. The van der Waals surface area contributed by atoms with Crippen molar-refractivity contribution in [3.63, 3.8) is 0 Å². The van der Waals surface area contributed by atoms with Crippen LogP contribution in [0.5, 0.6) is 0 Å². The molecule has 0 fully saturated rings. The van der Waals surface area contributed by atoms with Crippen molar-refractivity contribution in [2.45, 2.75) is 11.4 Å². The predicted octanol–water partition coefficient (Wildman–Crippen LogP) is 1.76. The largest absolute Gasteiger partial charge is 0.372 e. The van der Waals surface area contributed by atoms with Crippen LogP contribution in [-0.2, 0) is 16.6 Å². The molecule has 0 aliphatic heterocycles. The number of rotatable bonds is 5. The lowest BCUT2D eigenvalue weighted by Gasteiger charge is -2.10. The van der Waals surface area contributed by atoms with Gasteiger partial charge in [-0.3, -0.25) is 4.98 Å². The van der Waals surface area contributed by atoms with E-state index in [0.29, 0.717) is 10.3 Å². The number of sulfonamides is 1. The molecule has 2 N–H and O–H groups in total. The van der Waals surface area contributed by atoms with E-state index in [9.17, 15) is 8.42 Å². The van der Waals surface area contributed by atoms with Crippen molar-refractivity contribution < 1.29 is 8.42 Å². The fourth-order valence-electron chi connectivity index (χ4n) is 1.57. The zero-order valence-electron chi connectivity index (χ0n) is 10.7.